The van der Waals surface area contributed by atoms with Gasteiger partial charge in [0.05, 0.1) is 25.5 Å². The van der Waals surface area contributed by atoms with Gasteiger partial charge in [0.1, 0.15) is 17.2 Å². The molecular weight excluding hydrogens is 360 g/mol. The highest BCUT2D eigenvalue weighted by molar-refractivity contribution is 5.79. The average Bonchev–Trinajstić information content (AvgIpc) is 3.11. The van der Waals surface area contributed by atoms with Crippen LogP contribution in [0.4, 0.5) is 14.6 Å². The molecule has 1 atom stereocenters. The van der Waals surface area contributed by atoms with Crippen molar-refractivity contribution in [2.24, 2.45) is 5.73 Å². The lowest BCUT2D eigenvalue weighted by atomic mass is 10.2. The number of morpholine rings is 1. The number of hydrogen-bond acceptors (Lipinski definition) is 7. The third-order valence-electron chi connectivity index (χ3n) is 4.22. The third kappa shape index (κ3) is 3.28. The van der Waals surface area contributed by atoms with E-state index in [1.54, 1.807) is 12.3 Å². The Morgan fingerprint density at radius 2 is 2.15 bits per heavy atom. The Morgan fingerprint density at radius 3 is 2.93 bits per heavy atom. The fraction of sp³-hybridized carbons (Fsp3) is 0.312. The number of amides is 1. The largest absolute Gasteiger partial charge is 0.367 e. The summed E-state index contributed by atoms with van der Waals surface area (Å²) in [7, 11) is 0. The number of carbonyl (C=O) groups excluding carboxylic acids is 1. The molecule has 0 saturated carbocycles. The smallest absolute Gasteiger partial charge is 0.281 e. The van der Waals surface area contributed by atoms with Gasteiger partial charge in [0.25, 0.3) is 6.43 Å². The molecule has 2 N–H and O–H groups in total. The molecule has 0 aromatic carbocycles. The van der Waals surface area contributed by atoms with Crippen LogP contribution in [0.1, 0.15) is 12.1 Å². The molecule has 1 unspecified atom stereocenters. The molecule has 3 aromatic heterocycles. The van der Waals surface area contributed by atoms with E-state index >= 15 is 0 Å². The van der Waals surface area contributed by atoms with E-state index in [4.69, 9.17) is 10.5 Å². The van der Waals surface area contributed by atoms with Crippen molar-refractivity contribution in [3.63, 3.8) is 0 Å². The van der Waals surface area contributed by atoms with Crippen molar-refractivity contribution in [2.75, 3.05) is 24.6 Å². The molecule has 0 radical (unpaired) electrons. The van der Waals surface area contributed by atoms with E-state index in [2.05, 4.69) is 19.9 Å². The van der Waals surface area contributed by atoms with Crippen LogP contribution in [-0.2, 0) is 9.53 Å². The first-order valence-corrected chi connectivity index (χ1v) is 8.13. The summed E-state index contributed by atoms with van der Waals surface area (Å²) in [5.74, 6) is 0.351. The number of fused-ring (bicyclic) bond motifs is 1. The Morgan fingerprint density at radius 1 is 1.30 bits per heavy atom. The first-order chi connectivity index (χ1) is 13.0. The SMILES string of the molecule is NC(=O)C1CN(c2ccnc(-c3cnc4cnc(C(F)F)cn34)n2)CCO1. The number of ether oxygens (including phenoxy) is 1. The summed E-state index contributed by atoms with van der Waals surface area (Å²) in [6.45, 7) is 1.15. The van der Waals surface area contributed by atoms with Crippen molar-refractivity contribution in [1.82, 2.24) is 24.3 Å². The predicted octanol–water partition coefficient (Wildman–Crippen LogP) is 0.814. The molecule has 1 saturated heterocycles. The second-order valence-electron chi connectivity index (χ2n) is 5.93. The minimum atomic E-state index is -2.70. The minimum absolute atomic E-state index is 0.276. The summed E-state index contributed by atoms with van der Waals surface area (Å²) in [6, 6.07) is 1.70. The molecule has 1 fully saturated rings. The summed E-state index contributed by atoms with van der Waals surface area (Å²) in [5.41, 5.74) is 5.81. The van der Waals surface area contributed by atoms with Gasteiger partial charge in [-0.1, -0.05) is 0 Å². The normalized spacial score (nSPS) is 17.6. The Hall–Kier alpha value is -3.21. The zero-order valence-corrected chi connectivity index (χ0v) is 14.0. The molecule has 0 aliphatic carbocycles. The van der Waals surface area contributed by atoms with Gasteiger partial charge in [-0.3, -0.25) is 9.20 Å². The van der Waals surface area contributed by atoms with Gasteiger partial charge >= 0.3 is 0 Å². The maximum Gasteiger partial charge on any atom is 0.281 e. The van der Waals surface area contributed by atoms with Crippen molar-refractivity contribution in [3.05, 3.63) is 36.5 Å². The molecular formula is C16H15F2N7O2. The van der Waals surface area contributed by atoms with E-state index in [1.807, 2.05) is 4.90 Å². The van der Waals surface area contributed by atoms with E-state index in [9.17, 15) is 13.6 Å². The Labute approximate surface area is 151 Å². The second kappa shape index (κ2) is 6.83. The lowest BCUT2D eigenvalue weighted by Crippen LogP contribution is -2.48. The number of hydrogen-bond donors (Lipinski definition) is 1. The summed E-state index contributed by atoms with van der Waals surface area (Å²) in [5, 5.41) is 0. The fourth-order valence-corrected chi connectivity index (χ4v) is 2.86. The maximum atomic E-state index is 13.0. The van der Waals surface area contributed by atoms with Crippen LogP contribution in [0.15, 0.2) is 30.9 Å². The molecule has 3 aromatic rings. The molecule has 0 spiro atoms. The minimum Gasteiger partial charge on any atom is -0.367 e. The molecule has 4 rings (SSSR count). The number of primary amides is 1. The second-order valence-corrected chi connectivity index (χ2v) is 5.93. The summed E-state index contributed by atoms with van der Waals surface area (Å²) >= 11 is 0. The number of nitrogens with zero attached hydrogens (tertiary/aromatic N) is 6. The van der Waals surface area contributed by atoms with Crippen molar-refractivity contribution < 1.29 is 18.3 Å². The zero-order chi connectivity index (χ0) is 19.0. The molecule has 1 aliphatic rings. The topological polar surface area (TPSA) is 112 Å². The molecule has 140 valence electrons. The highest BCUT2D eigenvalue weighted by Gasteiger charge is 2.26. The number of anilines is 1. The zero-order valence-electron chi connectivity index (χ0n) is 14.0. The third-order valence-corrected chi connectivity index (χ3v) is 4.22. The molecule has 27 heavy (non-hydrogen) atoms. The quantitative estimate of drug-likeness (QED) is 0.718. The highest BCUT2D eigenvalue weighted by atomic mass is 19.3. The van der Waals surface area contributed by atoms with Crippen LogP contribution in [0.25, 0.3) is 17.2 Å². The van der Waals surface area contributed by atoms with Gasteiger partial charge in [0.2, 0.25) is 5.91 Å². The molecule has 1 amide bonds. The Kier molecular flexibility index (Phi) is 4.36. The van der Waals surface area contributed by atoms with E-state index in [1.165, 1.54) is 23.0 Å². The Balaban J connectivity index is 1.69. The van der Waals surface area contributed by atoms with Crippen LogP contribution in [0.2, 0.25) is 0 Å². The van der Waals surface area contributed by atoms with Crippen LogP contribution in [0, 0.1) is 0 Å². The van der Waals surface area contributed by atoms with Crippen molar-refractivity contribution in [3.8, 4) is 11.5 Å². The van der Waals surface area contributed by atoms with E-state index in [0.717, 1.165) is 0 Å². The van der Waals surface area contributed by atoms with Gasteiger partial charge in [-0.05, 0) is 6.07 Å². The molecule has 1 aliphatic heterocycles. The van der Waals surface area contributed by atoms with E-state index < -0.39 is 18.4 Å². The lowest BCUT2D eigenvalue weighted by molar-refractivity contribution is -0.130. The number of rotatable bonds is 4. The predicted molar refractivity (Wildman–Crippen MR) is 90.1 cm³/mol. The van der Waals surface area contributed by atoms with Crippen LogP contribution >= 0.6 is 0 Å². The van der Waals surface area contributed by atoms with Crippen molar-refractivity contribution >= 4 is 17.4 Å². The van der Waals surface area contributed by atoms with E-state index in [-0.39, 0.29) is 12.2 Å². The van der Waals surface area contributed by atoms with Crippen LogP contribution in [-0.4, -0.2) is 56.0 Å². The summed E-state index contributed by atoms with van der Waals surface area (Å²) in [4.78, 5) is 29.8. The lowest BCUT2D eigenvalue weighted by Gasteiger charge is -2.32. The van der Waals surface area contributed by atoms with Crippen LogP contribution in [0.5, 0.6) is 0 Å². The maximum absolute atomic E-state index is 13.0. The summed E-state index contributed by atoms with van der Waals surface area (Å²) < 4.78 is 32.7. The van der Waals surface area contributed by atoms with Crippen molar-refractivity contribution in [2.45, 2.75) is 12.5 Å². The van der Waals surface area contributed by atoms with Gasteiger partial charge in [0, 0.05) is 18.9 Å². The van der Waals surface area contributed by atoms with Gasteiger partial charge in [-0.15, -0.1) is 0 Å². The average molecular weight is 375 g/mol. The first kappa shape index (κ1) is 17.2. The number of nitrogens with two attached hydrogens (primary N) is 1. The van der Waals surface area contributed by atoms with Crippen LogP contribution in [0.3, 0.4) is 0 Å². The molecule has 4 heterocycles. The van der Waals surface area contributed by atoms with Crippen molar-refractivity contribution in [1.29, 1.82) is 0 Å². The fourth-order valence-electron chi connectivity index (χ4n) is 2.86. The molecule has 11 heteroatoms. The van der Waals surface area contributed by atoms with Gasteiger partial charge in [-0.25, -0.2) is 28.7 Å². The number of carbonyl (C=O) groups is 1. The first-order valence-electron chi connectivity index (χ1n) is 8.13. The van der Waals surface area contributed by atoms with Gasteiger partial charge in [-0.2, -0.15) is 0 Å². The van der Waals surface area contributed by atoms with E-state index in [0.29, 0.717) is 36.1 Å². The number of aromatic nitrogens is 5. The number of imidazole rings is 1. The number of halogens is 2. The monoisotopic (exact) mass is 375 g/mol. The van der Waals surface area contributed by atoms with Crippen LogP contribution < -0.4 is 10.6 Å². The number of alkyl halides is 2. The van der Waals surface area contributed by atoms with Gasteiger partial charge < -0.3 is 15.4 Å². The van der Waals surface area contributed by atoms with Gasteiger partial charge in [0.15, 0.2) is 17.6 Å². The molecule has 9 nitrogen and oxygen atoms in total. The molecule has 0 bridgehead atoms. The summed E-state index contributed by atoms with van der Waals surface area (Å²) in [6.07, 6.45) is 2.13. The standard InChI is InChI=1S/C16H15F2N7O2/c17-14(18)9-7-25-10(5-22-13(25)6-21-9)16-20-2-1-12(23-16)24-3-4-27-11(8-24)15(19)26/h1-2,5-7,11,14H,3-4,8H2,(H2,19,26). The Bertz CT molecular complexity index is 994. The highest BCUT2D eigenvalue weighted by Crippen LogP contribution is 2.23.